The molecule has 0 aliphatic heterocycles. The summed E-state index contributed by atoms with van der Waals surface area (Å²) in [6.07, 6.45) is 0.717. The summed E-state index contributed by atoms with van der Waals surface area (Å²) in [5, 5.41) is 0. The Morgan fingerprint density at radius 2 is 1.41 bits per heavy atom. The van der Waals surface area contributed by atoms with Crippen LogP contribution >= 0.6 is 7.60 Å². The molecule has 4 heteroatoms. The van der Waals surface area contributed by atoms with Gasteiger partial charge in [0.2, 0.25) is 0 Å². The van der Waals surface area contributed by atoms with Crippen LogP contribution in [-0.4, -0.2) is 5.66 Å². The lowest BCUT2D eigenvalue weighted by Gasteiger charge is -2.24. The van der Waals surface area contributed by atoms with Gasteiger partial charge >= 0.3 is 7.60 Å². The van der Waals surface area contributed by atoms with E-state index in [4.69, 9.17) is 9.05 Å². The second-order valence-corrected chi connectivity index (χ2v) is 7.94. The molecular weight excluding hydrogens is 295 g/mol. The normalized spacial score (nSPS) is 12.7. The Labute approximate surface area is 132 Å². The van der Waals surface area contributed by atoms with Gasteiger partial charge in [-0.15, -0.1) is 0 Å². The first-order chi connectivity index (χ1) is 10.4. The van der Waals surface area contributed by atoms with E-state index in [2.05, 4.69) is 0 Å². The molecule has 0 heterocycles. The molecule has 0 radical (unpaired) electrons. The Hall–Kier alpha value is -1.73. The van der Waals surface area contributed by atoms with Crippen LogP contribution < -0.4 is 9.05 Å². The van der Waals surface area contributed by atoms with Crippen molar-refractivity contribution in [1.82, 2.24) is 0 Å². The lowest BCUT2D eigenvalue weighted by Crippen LogP contribution is -2.13. The highest BCUT2D eigenvalue weighted by molar-refractivity contribution is 7.55. The van der Waals surface area contributed by atoms with Gasteiger partial charge in [-0.2, -0.15) is 0 Å². The molecule has 0 aliphatic carbocycles. The summed E-state index contributed by atoms with van der Waals surface area (Å²) < 4.78 is 24.9. The molecule has 2 aromatic rings. The zero-order chi connectivity index (χ0) is 16.2. The smallest absolute Gasteiger partial charge is 0.416 e. The molecule has 2 rings (SSSR count). The van der Waals surface area contributed by atoms with Crippen molar-refractivity contribution < 1.29 is 13.6 Å². The summed E-state index contributed by atoms with van der Waals surface area (Å²) in [6.45, 7) is 7.83. The first-order valence-electron chi connectivity index (χ1n) is 7.55. The monoisotopic (exact) mass is 318 g/mol. The van der Waals surface area contributed by atoms with Crippen molar-refractivity contribution in [2.75, 3.05) is 0 Å². The van der Waals surface area contributed by atoms with Crippen molar-refractivity contribution in [2.45, 2.75) is 39.8 Å². The predicted octanol–water partition coefficient (Wildman–Crippen LogP) is 5.75. The topological polar surface area (TPSA) is 35.5 Å². The average molecular weight is 318 g/mol. The minimum absolute atomic E-state index is 0.187. The lowest BCUT2D eigenvalue weighted by atomic mass is 10.2. The predicted molar refractivity (Wildman–Crippen MR) is 91.0 cm³/mol. The van der Waals surface area contributed by atoms with Gasteiger partial charge in [-0.05, 0) is 62.6 Å². The van der Waals surface area contributed by atoms with Crippen LogP contribution in [0, 0.1) is 13.8 Å². The Morgan fingerprint density at radius 3 is 1.77 bits per heavy atom. The highest BCUT2D eigenvalue weighted by Gasteiger charge is 2.34. The Bertz CT molecular complexity index is 630. The largest absolute Gasteiger partial charge is 0.433 e. The quantitative estimate of drug-likeness (QED) is 0.636. The first kappa shape index (κ1) is 16.6. The van der Waals surface area contributed by atoms with Crippen LogP contribution in [0.1, 0.15) is 31.4 Å². The maximum atomic E-state index is 13.3. The van der Waals surface area contributed by atoms with E-state index in [0.29, 0.717) is 11.5 Å². The molecule has 1 atom stereocenters. The fraction of sp³-hybridized carbons (Fsp3) is 0.333. The van der Waals surface area contributed by atoms with Gasteiger partial charge in [-0.25, -0.2) is 4.57 Å². The maximum absolute atomic E-state index is 13.3. The highest BCUT2D eigenvalue weighted by Crippen LogP contribution is 2.53. The van der Waals surface area contributed by atoms with Crippen LogP contribution in [-0.2, 0) is 4.57 Å². The van der Waals surface area contributed by atoms with Crippen molar-refractivity contribution in [3.05, 3.63) is 59.7 Å². The third-order valence-electron chi connectivity index (χ3n) is 3.58. The zero-order valence-corrected chi connectivity index (χ0v) is 14.5. The highest BCUT2D eigenvalue weighted by atomic mass is 31.2. The zero-order valence-electron chi connectivity index (χ0n) is 13.6. The standard InChI is InChI=1S/C18H23O3P/c1-5-16(4)22(19,20-17-10-6-8-14(2)12-17)21-18-11-7-9-15(3)13-18/h6-13,16H,5H2,1-4H3. The SMILES string of the molecule is CCC(C)P(=O)(Oc1cccc(C)c1)Oc1cccc(C)c1. The van der Waals surface area contributed by atoms with Crippen molar-refractivity contribution in [1.29, 1.82) is 0 Å². The Balaban J connectivity index is 2.29. The summed E-state index contributed by atoms with van der Waals surface area (Å²) >= 11 is 0. The third-order valence-corrected chi connectivity index (χ3v) is 5.95. The Morgan fingerprint density at radius 1 is 0.955 bits per heavy atom. The van der Waals surface area contributed by atoms with Crippen LogP contribution in [0.2, 0.25) is 0 Å². The number of hydrogen-bond donors (Lipinski definition) is 0. The number of hydrogen-bond acceptors (Lipinski definition) is 3. The summed E-state index contributed by atoms with van der Waals surface area (Å²) in [6, 6.07) is 15.1. The van der Waals surface area contributed by atoms with E-state index in [0.717, 1.165) is 17.5 Å². The molecule has 2 aromatic carbocycles. The van der Waals surface area contributed by atoms with Crippen molar-refractivity contribution in [3.63, 3.8) is 0 Å². The van der Waals surface area contributed by atoms with E-state index in [9.17, 15) is 4.57 Å². The van der Waals surface area contributed by atoms with Gasteiger partial charge in [-0.3, -0.25) is 0 Å². The van der Waals surface area contributed by atoms with Crippen LogP contribution in [0.3, 0.4) is 0 Å². The minimum atomic E-state index is -3.29. The molecular formula is C18H23O3P. The average Bonchev–Trinajstić information content (AvgIpc) is 2.46. The molecule has 0 aliphatic rings. The molecule has 118 valence electrons. The Kier molecular flexibility index (Phi) is 5.31. The number of benzene rings is 2. The fourth-order valence-corrected chi connectivity index (χ4v) is 3.72. The lowest BCUT2D eigenvalue weighted by molar-refractivity contribution is 0.372. The molecule has 0 spiro atoms. The third kappa shape index (κ3) is 4.14. The fourth-order valence-electron chi connectivity index (χ4n) is 2.06. The number of rotatable bonds is 6. The van der Waals surface area contributed by atoms with E-state index in [1.165, 1.54) is 0 Å². The van der Waals surface area contributed by atoms with Gasteiger partial charge in [-0.1, -0.05) is 31.2 Å². The minimum Gasteiger partial charge on any atom is -0.416 e. The van der Waals surface area contributed by atoms with Gasteiger partial charge in [0, 0.05) is 0 Å². The second-order valence-electron chi connectivity index (χ2n) is 5.61. The molecule has 0 fully saturated rings. The summed E-state index contributed by atoms with van der Waals surface area (Å²) in [5.41, 5.74) is 1.93. The molecule has 0 N–H and O–H groups in total. The van der Waals surface area contributed by atoms with Gasteiger partial charge in [0.25, 0.3) is 0 Å². The molecule has 22 heavy (non-hydrogen) atoms. The molecule has 0 saturated heterocycles. The van der Waals surface area contributed by atoms with Crippen LogP contribution in [0.5, 0.6) is 11.5 Å². The second kappa shape index (κ2) is 7.02. The van der Waals surface area contributed by atoms with E-state index in [1.54, 1.807) is 0 Å². The van der Waals surface area contributed by atoms with Crippen molar-refractivity contribution in [3.8, 4) is 11.5 Å². The van der Waals surface area contributed by atoms with Gasteiger partial charge < -0.3 is 9.05 Å². The van der Waals surface area contributed by atoms with E-state index in [1.807, 2.05) is 76.2 Å². The van der Waals surface area contributed by atoms with Gasteiger partial charge in [0.1, 0.15) is 11.5 Å². The van der Waals surface area contributed by atoms with Crippen LogP contribution in [0.25, 0.3) is 0 Å². The van der Waals surface area contributed by atoms with E-state index < -0.39 is 7.60 Å². The molecule has 0 saturated carbocycles. The van der Waals surface area contributed by atoms with Gasteiger partial charge in [0.05, 0.1) is 5.66 Å². The van der Waals surface area contributed by atoms with Crippen molar-refractivity contribution >= 4 is 7.60 Å². The molecule has 0 amide bonds. The van der Waals surface area contributed by atoms with Crippen LogP contribution in [0.4, 0.5) is 0 Å². The van der Waals surface area contributed by atoms with E-state index >= 15 is 0 Å². The van der Waals surface area contributed by atoms with E-state index in [-0.39, 0.29) is 5.66 Å². The maximum Gasteiger partial charge on any atom is 0.433 e. The molecule has 0 bridgehead atoms. The number of aryl methyl sites for hydroxylation is 2. The summed E-state index contributed by atoms with van der Waals surface area (Å²) in [7, 11) is -3.29. The molecule has 1 unspecified atom stereocenters. The summed E-state index contributed by atoms with van der Waals surface area (Å²) in [4.78, 5) is 0. The molecule has 0 aromatic heterocycles. The summed E-state index contributed by atoms with van der Waals surface area (Å²) in [5.74, 6) is 1.16. The van der Waals surface area contributed by atoms with Crippen molar-refractivity contribution in [2.24, 2.45) is 0 Å². The van der Waals surface area contributed by atoms with Crippen LogP contribution in [0.15, 0.2) is 48.5 Å². The van der Waals surface area contributed by atoms with Gasteiger partial charge in [0.15, 0.2) is 0 Å². The first-order valence-corrected chi connectivity index (χ1v) is 9.16. The molecule has 3 nitrogen and oxygen atoms in total.